The molecule has 2 heteroatoms. The van der Waals surface area contributed by atoms with Gasteiger partial charge in [-0.05, 0) is 18.1 Å². The number of thiol groups is 1. The van der Waals surface area contributed by atoms with Crippen LogP contribution in [0.1, 0.15) is 6.92 Å². The van der Waals surface area contributed by atoms with Crippen molar-refractivity contribution >= 4 is 12.6 Å². The van der Waals surface area contributed by atoms with Crippen LogP contribution in [0, 0.1) is 5.92 Å². The Kier molecular flexibility index (Phi) is 2.44. The number of ether oxygens (including phenoxy) is 1. The first kappa shape index (κ1) is 7.73. The maximum atomic E-state index is 5.05. The summed E-state index contributed by atoms with van der Waals surface area (Å²) < 4.78 is 5.05. The highest BCUT2D eigenvalue weighted by molar-refractivity contribution is 7.81. The van der Waals surface area contributed by atoms with Crippen molar-refractivity contribution in [2.45, 2.75) is 12.2 Å². The van der Waals surface area contributed by atoms with E-state index < -0.39 is 0 Å². The van der Waals surface area contributed by atoms with Crippen molar-refractivity contribution in [2.24, 2.45) is 5.92 Å². The fraction of sp³-hybridized carbons (Fsp3) is 0.500. The third-order valence-electron chi connectivity index (χ3n) is 1.66. The molecule has 1 rings (SSSR count). The van der Waals surface area contributed by atoms with Crippen LogP contribution in [0.3, 0.4) is 0 Å². The Hall–Kier alpha value is -0.370. The van der Waals surface area contributed by atoms with Gasteiger partial charge in [0.2, 0.25) is 0 Å². The minimum absolute atomic E-state index is 0.346. The molecule has 1 nitrogen and oxygen atoms in total. The highest BCUT2D eigenvalue weighted by Gasteiger charge is 2.12. The van der Waals surface area contributed by atoms with Gasteiger partial charge in [-0.3, -0.25) is 0 Å². The number of methoxy groups -OCH3 is 1. The third-order valence-corrected chi connectivity index (χ3v) is 2.30. The zero-order valence-electron chi connectivity index (χ0n) is 6.24. The molecule has 56 valence electrons. The normalized spacial score (nSPS) is 31.7. The molecule has 0 saturated heterocycles. The van der Waals surface area contributed by atoms with Crippen LogP contribution in [0.2, 0.25) is 0 Å². The Morgan fingerprint density at radius 1 is 1.60 bits per heavy atom. The minimum atomic E-state index is 0.346. The average Bonchev–Trinajstić information content (AvgIpc) is 1.95. The molecule has 0 aromatic heterocycles. The van der Waals surface area contributed by atoms with E-state index in [0.29, 0.717) is 11.2 Å². The molecule has 0 bridgehead atoms. The molecule has 0 amide bonds. The van der Waals surface area contributed by atoms with Gasteiger partial charge in [0.15, 0.2) is 0 Å². The Labute approximate surface area is 67.2 Å². The Bertz CT molecular complexity index is 172. The summed E-state index contributed by atoms with van der Waals surface area (Å²) in [6.45, 7) is 2.13. The zero-order valence-corrected chi connectivity index (χ0v) is 7.14. The summed E-state index contributed by atoms with van der Waals surface area (Å²) in [6.07, 6.45) is 6.09. The van der Waals surface area contributed by atoms with Crippen molar-refractivity contribution in [3.8, 4) is 0 Å². The molecule has 0 N–H and O–H groups in total. The van der Waals surface area contributed by atoms with Crippen molar-refractivity contribution in [1.29, 1.82) is 0 Å². The van der Waals surface area contributed by atoms with E-state index in [0.717, 1.165) is 5.76 Å². The van der Waals surface area contributed by atoms with Gasteiger partial charge in [0.05, 0.1) is 7.11 Å². The molecule has 0 saturated carbocycles. The molecule has 2 unspecified atom stereocenters. The van der Waals surface area contributed by atoms with Crippen LogP contribution in [0.5, 0.6) is 0 Å². The van der Waals surface area contributed by atoms with Crippen molar-refractivity contribution in [1.82, 2.24) is 0 Å². The lowest BCUT2D eigenvalue weighted by atomic mass is 10.0. The molecule has 1 aliphatic carbocycles. The second-order valence-corrected chi connectivity index (χ2v) is 3.08. The zero-order chi connectivity index (χ0) is 7.56. The Morgan fingerprint density at radius 3 is 2.80 bits per heavy atom. The van der Waals surface area contributed by atoms with E-state index in [4.69, 9.17) is 4.74 Å². The molecule has 0 spiro atoms. The van der Waals surface area contributed by atoms with Gasteiger partial charge < -0.3 is 4.74 Å². The SMILES string of the molecule is COC1=CC(C)C(S)C=C1. The maximum absolute atomic E-state index is 5.05. The molecule has 0 aromatic rings. The predicted octanol–water partition coefficient (Wildman–Crippen LogP) is 2.02. The van der Waals surface area contributed by atoms with Crippen LogP contribution < -0.4 is 0 Å². The van der Waals surface area contributed by atoms with Gasteiger partial charge in [-0.15, -0.1) is 0 Å². The van der Waals surface area contributed by atoms with Gasteiger partial charge in [0.25, 0.3) is 0 Å². The number of allylic oxidation sites excluding steroid dienone is 2. The summed E-state index contributed by atoms with van der Waals surface area (Å²) in [6, 6.07) is 0. The fourth-order valence-electron chi connectivity index (χ4n) is 0.918. The Balaban J connectivity index is 2.66. The molecule has 0 fully saturated rings. The maximum Gasteiger partial charge on any atom is 0.114 e. The highest BCUT2D eigenvalue weighted by atomic mass is 32.1. The fourth-order valence-corrected chi connectivity index (χ4v) is 1.09. The third kappa shape index (κ3) is 1.57. The Morgan fingerprint density at radius 2 is 2.30 bits per heavy atom. The van der Waals surface area contributed by atoms with Gasteiger partial charge in [-0.25, -0.2) is 0 Å². The molecule has 0 heterocycles. The molecule has 0 radical (unpaired) electrons. The molecular weight excluding hydrogens is 144 g/mol. The molecular formula is C8H12OS. The van der Waals surface area contributed by atoms with Gasteiger partial charge in [0.1, 0.15) is 5.76 Å². The molecule has 0 aromatic carbocycles. The lowest BCUT2D eigenvalue weighted by Gasteiger charge is -2.16. The van der Waals surface area contributed by atoms with Crippen LogP contribution >= 0.6 is 12.6 Å². The minimum Gasteiger partial charge on any atom is -0.497 e. The quantitative estimate of drug-likeness (QED) is 0.571. The monoisotopic (exact) mass is 156 g/mol. The van der Waals surface area contributed by atoms with Crippen LogP contribution in [-0.4, -0.2) is 12.4 Å². The van der Waals surface area contributed by atoms with Crippen LogP contribution in [0.15, 0.2) is 24.0 Å². The van der Waals surface area contributed by atoms with Crippen LogP contribution in [0.4, 0.5) is 0 Å². The van der Waals surface area contributed by atoms with E-state index in [1.54, 1.807) is 7.11 Å². The van der Waals surface area contributed by atoms with E-state index in [1.807, 2.05) is 12.2 Å². The van der Waals surface area contributed by atoms with E-state index in [9.17, 15) is 0 Å². The second-order valence-electron chi connectivity index (χ2n) is 2.48. The predicted molar refractivity (Wildman–Crippen MR) is 46.2 cm³/mol. The van der Waals surface area contributed by atoms with Gasteiger partial charge in [-0.2, -0.15) is 12.6 Å². The molecule has 10 heavy (non-hydrogen) atoms. The van der Waals surface area contributed by atoms with Gasteiger partial charge in [0, 0.05) is 5.25 Å². The first-order valence-electron chi connectivity index (χ1n) is 3.36. The first-order valence-corrected chi connectivity index (χ1v) is 3.88. The van der Waals surface area contributed by atoms with Crippen molar-refractivity contribution in [3.63, 3.8) is 0 Å². The second kappa shape index (κ2) is 3.15. The number of rotatable bonds is 1. The van der Waals surface area contributed by atoms with Crippen LogP contribution in [-0.2, 0) is 4.74 Å². The lowest BCUT2D eigenvalue weighted by Crippen LogP contribution is -2.10. The lowest BCUT2D eigenvalue weighted by molar-refractivity contribution is 0.301. The summed E-state index contributed by atoms with van der Waals surface area (Å²) in [4.78, 5) is 0. The summed E-state index contributed by atoms with van der Waals surface area (Å²) in [7, 11) is 1.68. The van der Waals surface area contributed by atoms with E-state index in [2.05, 4.69) is 25.6 Å². The van der Waals surface area contributed by atoms with Crippen molar-refractivity contribution in [3.05, 3.63) is 24.0 Å². The standard InChI is InChI=1S/C8H12OS/c1-6-5-7(9-2)3-4-8(6)10/h3-6,8,10H,1-2H3. The highest BCUT2D eigenvalue weighted by Crippen LogP contribution is 2.20. The molecule has 0 aliphatic heterocycles. The smallest absolute Gasteiger partial charge is 0.114 e. The van der Waals surface area contributed by atoms with E-state index in [-0.39, 0.29) is 0 Å². The topological polar surface area (TPSA) is 9.23 Å². The molecule has 2 atom stereocenters. The van der Waals surface area contributed by atoms with Crippen LogP contribution in [0.25, 0.3) is 0 Å². The number of hydrogen-bond acceptors (Lipinski definition) is 2. The van der Waals surface area contributed by atoms with Crippen molar-refractivity contribution in [2.75, 3.05) is 7.11 Å². The van der Waals surface area contributed by atoms with E-state index in [1.165, 1.54) is 0 Å². The summed E-state index contributed by atoms with van der Waals surface area (Å²) in [5.41, 5.74) is 0. The van der Waals surface area contributed by atoms with Gasteiger partial charge >= 0.3 is 0 Å². The summed E-state index contributed by atoms with van der Waals surface area (Å²) >= 11 is 4.35. The summed E-state index contributed by atoms with van der Waals surface area (Å²) in [5.74, 6) is 1.42. The van der Waals surface area contributed by atoms with E-state index >= 15 is 0 Å². The van der Waals surface area contributed by atoms with Gasteiger partial charge in [-0.1, -0.05) is 13.0 Å². The summed E-state index contributed by atoms with van der Waals surface area (Å²) in [5, 5.41) is 0.346. The average molecular weight is 156 g/mol. The first-order chi connectivity index (χ1) is 4.74. The number of hydrogen-bond donors (Lipinski definition) is 1. The largest absolute Gasteiger partial charge is 0.497 e. The molecule has 1 aliphatic rings. The van der Waals surface area contributed by atoms with Crippen molar-refractivity contribution < 1.29 is 4.74 Å².